The van der Waals surface area contributed by atoms with Crippen LogP contribution in [-0.2, 0) is 4.79 Å². The lowest BCUT2D eigenvalue weighted by atomic mass is 10.1. The molecule has 1 rings (SSSR count). The Morgan fingerprint density at radius 2 is 2.14 bits per heavy atom. The standard InChI is InChI=1S/C9H10INO3/c1-5(12)11-8-3-2-6(10)4-7(8)9(13)14/h2-4,9,13-14H,1H3,(H,11,12). The van der Waals surface area contributed by atoms with Gasteiger partial charge < -0.3 is 15.5 Å². The number of hydrogen-bond donors (Lipinski definition) is 3. The molecule has 5 heteroatoms. The minimum absolute atomic E-state index is 0.242. The number of nitrogens with one attached hydrogen (secondary N) is 1. The minimum Gasteiger partial charge on any atom is -0.364 e. The van der Waals surface area contributed by atoms with Crippen LogP contribution in [0.1, 0.15) is 18.8 Å². The number of hydrogen-bond acceptors (Lipinski definition) is 3. The quantitative estimate of drug-likeness (QED) is 0.569. The molecule has 76 valence electrons. The predicted molar refractivity (Wildman–Crippen MR) is 60.6 cm³/mol. The Morgan fingerprint density at radius 3 is 2.64 bits per heavy atom. The van der Waals surface area contributed by atoms with Gasteiger partial charge in [-0.1, -0.05) is 0 Å². The molecule has 0 aliphatic heterocycles. The summed E-state index contributed by atoms with van der Waals surface area (Å²) in [5.41, 5.74) is 0.722. The molecule has 0 aliphatic carbocycles. The molecular weight excluding hydrogens is 297 g/mol. The first kappa shape index (κ1) is 11.4. The Bertz CT molecular complexity index is 352. The molecule has 0 radical (unpaired) electrons. The lowest BCUT2D eigenvalue weighted by Gasteiger charge is -2.11. The summed E-state index contributed by atoms with van der Waals surface area (Å²) in [5, 5.41) is 20.6. The molecule has 0 aromatic heterocycles. The average Bonchev–Trinajstić information content (AvgIpc) is 2.07. The third kappa shape index (κ3) is 2.93. The third-order valence-electron chi connectivity index (χ3n) is 1.60. The van der Waals surface area contributed by atoms with E-state index in [0.29, 0.717) is 11.3 Å². The van der Waals surface area contributed by atoms with Crippen LogP contribution >= 0.6 is 22.6 Å². The van der Waals surface area contributed by atoms with Gasteiger partial charge in [0.25, 0.3) is 0 Å². The van der Waals surface area contributed by atoms with Gasteiger partial charge in [-0.05, 0) is 40.8 Å². The van der Waals surface area contributed by atoms with E-state index in [0.717, 1.165) is 3.57 Å². The van der Waals surface area contributed by atoms with E-state index in [-0.39, 0.29) is 5.91 Å². The Labute approximate surface area is 95.1 Å². The largest absolute Gasteiger partial charge is 0.364 e. The van der Waals surface area contributed by atoms with E-state index in [2.05, 4.69) is 27.9 Å². The van der Waals surface area contributed by atoms with E-state index in [1.54, 1.807) is 18.2 Å². The number of anilines is 1. The second-order valence-electron chi connectivity index (χ2n) is 2.79. The molecule has 0 spiro atoms. The van der Waals surface area contributed by atoms with Gasteiger partial charge in [0.2, 0.25) is 5.91 Å². The predicted octanol–water partition coefficient (Wildman–Crippen LogP) is 1.23. The summed E-state index contributed by atoms with van der Waals surface area (Å²) < 4.78 is 0.875. The SMILES string of the molecule is CC(=O)Nc1ccc(I)cc1C(O)O. The van der Waals surface area contributed by atoms with Crippen molar-refractivity contribution >= 4 is 34.2 Å². The molecule has 1 aromatic carbocycles. The Balaban J connectivity index is 3.08. The Hall–Kier alpha value is -0.660. The summed E-state index contributed by atoms with van der Waals surface area (Å²) in [7, 11) is 0. The molecule has 0 aliphatic rings. The van der Waals surface area contributed by atoms with E-state index < -0.39 is 6.29 Å². The monoisotopic (exact) mass is 307 g/mol. The Morgan fingerprint density at radius 1 is 1.50 bits per heavy atom. The fourth-order valence-electron chi connectivity index (χ4n) is 1.05. The maximum atomic E-state index is 10.8. The number of amides is 1. The number of aliphatic hydroxyl groups excluding tert-OH is 1. The number of halogens is 1. The lowest BCUT2D eigenvalue weighted by molar-refractivity contribution is -0.114. The highest BCUT2D eigenvalue weighted by Crippen LogP contribution is 2.23. The fourth-order valence-corrected chi connectivity index (χ4v) is 1.57. The zero-order valence-corrected chi connectivity index (χ0v) is 9.65. The first-order valence-corrected chi connectivity index (χ1v) is 5.01. The fraction of sp³-hybridized carbons (Fsp3) is 0.222. The van der Waals surface area contributed by atoms with Crippen LogP contribution in [0.25, 0.3) is 0 Å². The Kier molecular flexibility index (Phi) is 3.85. The van der Waals surface area contributed by atoms with Gasteiger partial charge in [0, 0.05) is 21.7 Å². The normalized spacial score (nSPS) is 10.4. The zero-order chi connectivity index (χ0) is 10.7. The summed E-state index contributed by atoms with van der Waals surface area (Å²) in [6.45, 7) is 1.37. The zero-order valence-electron chi connectivity index (χ0n) is 7.49. The van der Waals surface area contributed by atoms with Crippen molar-refractivity contribution in [1.82, 2.24) is 0 Å². The maximum Gasteiger partial charge on any atom is 0.221 e. The molecule has 14 heavy (non-hydrogen) atoms. The number of carbonyl (C=O) groups excluding carboxylic acids is 1. The van der Waals surface area contributed by atoms with Gasteiger partial charge in [-0.15, -0.1) is 0 Å². The van der Waals surface area contributed by atoms with E-state index >= 15 is 0 Å². The van der Waals surface area contributed by atoms with Gasteiger partial charge in [0.1, 0.15) is 0 Å². The molecule has 0 heterocycles. The first-order chi connectivity index (χ1) is 6.50. The van der Waals surface area contributed by atoms with Crippen LogP contribution in [0.15, 0.2) is 18.2 Å². The molecule has 1 amide bonds. The van der Waals surface area contributed by atoms with Gasteiger partial charge in [-0.25, -0.2) is 0 Å². The van der Waals surface area contributed by atoms with Crippen molar-refractivity contribution in [3.8, 4) is 0 Å². The van der Waals surface area contributed by atoms with Gasteiger partial charge in [-0.3, -0.25) is 4.79 Å². The first-order valence-electron chi connectivity index (χ1n) is 3.94. The van der Waals surface area contributed by atoms with Crippen molar-refractivity contribution in [2.45, 2.75) is 13.2 Å². The summed E-state index contributed by atoms with van der Waals surface area (Å²) >= 11 is 2.05. The highest BCUT2D eigenvalue weighted by Gasteiger charge is 2.10. The topological polar surface area (TPSA) is 69.6 Å². The highest BCUT2D eigenvalue weighted by molar-refractivity contribution is 14.1. The second-order valence-corrected chi connectivity index (χ2v) is 4.03. The minimum atomic E-state index is -1.58. The lowest BCUT2D eigenvalue weighted by Crippen LogP contribution is -2.10. The molecule has 0 saturated heterocycles. The van der Waals surface area contributed by atoms with Gasteiger partial charge in [0.05, 0.1) is 0 Å². The summed E-state index contributed by atoms with van der Waals surface area (Å²) in [5.74, 6) is -0.242. The van der Waals surface area contributed by atoms with Crippen LogP contribution in [0, 0.1) is 3.57 Å². The van der Waals surface area contributed by atoms with E-state index in [1.165, 1.54) is 6.92 Å². The summed E-state index contributed by atoms with van der Waals surface area (Å²) in [6, 6.07) is 5.02. The number of aliphatic hydroxyl groups is 2. The van der Waals surface area contributed by atoms with Gasteiger partial charge in [0.15, 0.2) is 6.29 Å². The summed E-state index contributed by atoms with van der Waals surface area (Å²) in [4.78, 5) is 10.8. The van der Waals surface area contributed by atoms with Crippen LogP contribution in [0.2, 0.25) is 0 Å². The number of rotatable bonds is 2. The molecular formula is C9H10INO3. The van der Waals surface area contributed by atoms with Crippen molar-refractivity contribution < 1.29 is 15.0 Å². The molecule has 0 bridgehead atoms. The molecule has 0 fully saturated rings. The van der Waals surface area contributed by atoms with E-state index in [4.69, 9.17) is 10.2 Å². The molecule has 4 nitrogen and oxygen atoms in total. The van der Waals surface area contributed by atoms with Crippen LogP contribution in [0.5, 0.6) is 0 Å². The van der Waals surface area contributed by atoms with Gasteiger partial charge in [-0.2, -0.15) is 0 Å². The average molecular weight is 307 g/mol. The molecule has 3 N–H and O–H groups in total. The summed E-state index contributed by atoms with van der Waals surface area (Å²) in [6.07, 6.45) is -1.58. The third-order valence-corrected chi connectivity index (χ3v) is 2.27. The van der Waals surface area contributed by atoms with Crippen molar-refractivity contribution in [2.75, 3.05) is 5.32 Å². The second kappa shape index (κ2) is 4.72. The van der Waals surface area contributed by atoms with Crippen molar-refractivity contribution in [3.05, 3.63) is 27.3 Å². The molecule has 0 unspecified atom stereocenters. The molecule has 1 aromatic rings. The van der Waals surface area contributed by atoms with E-state index in [1.807, 2.05) is 0 Å². The highest BCUT2D eigenvalue weighted by atomic mass is 127. The van der Waals surface area contributed by atoms with Gasteiger partial charge >= 0.3 is 0 Å². The van der Waals surface area contributed by atoms with Crippen molar-refractivity contribution in [2.24, 2.45) is 0 Å². The van der Waals surface area contributed by atoms with Crippen LogP contribution in [0.3, 0.4) is 0 Å². The number of benzene rings is 1. The number of carbonyl (C=O) groups is 1. The van der Waals surface area contributed by atoms with Crippen molar-refractivity contribution in [1.29, 1.82) is 0 Å². The smallest absolute Gasteiger partial charge is 0.221 e. The van der Waals surface area contributed by atoms with Crippen molar-refractivity contribution in [3.63, 3.8) is 0 Å². The molecule has 0 saturated carbocycles. The van der Waals surface area contributed by atoms with E-state index in [9.17, 15) is 4.79 Å². The maximum absolute atomic E-state index is 10.8. The van der Waals surface area contributed by atoms with Crippen LogP contribution < -0.4 is 5.32 Å². The van der Waals surface area contributed by atoms with Crippen LogP contribution in [0.4, 0.5) is 5.69 Å². The van der Waals surface area contributed by atoms with Crippen LogP contribution in [-0.4, -0.2) is 16.1 Å². The molecule has 0 atom stereocenters.